The van der Waals surface area contributed by atoms with E-state index in [1.807, 2.05) is 128 Å². The number of unbranched alkanes of at least 4 members (excludes halogenated alkanes) is 8. The van der Waals surface area contributed by atoms with E-state index in [1.54, 1.807) is 6.20 Å². The first-order chi connectivity index (χ1) is 45.8. The first-order valence-electron chi connectivity index (χ1n) is 33.9. The van der Waals surface area contributed by atoms with Gasteiger partial charge >= 0.3 is 0 Å². The molecule has 512 valence electrons. The van der Waals surface area contributed by atoms with E-state index in [4.69, 9.17) is 0 Å². The Balaban J connectivity index is 0.000000250. The van der Waals surface area contributed by atoms with Gasteiger partial charge in [-0.25, -0.2) is 0 Å². The third-order valence-corrected chi connectivity index (χ3v) is 16.8. The standard InChI is InChI=1S/C37H36N.C23H24N.C19H24N.C11H8N.4Ir/c1-36(2,3)33-17-13-26(14-18-33)30-23-31(27-15-19-34(20-16-27)37(4,5)6)25-32(24-30)28-10-9-11-29(22-28)35-12-7-8-21-38-35;1-2-3-4-5-9-19-13-15-20(16-14-19)21-10-8-11-22(18-21)23-12-6-7-17-24-23;1-2-3-4-5-6-7-10-17-12-14-18(15-13-17)19-11-8-9-16-20-19;1-2-6-10(7-3-1)11-8-4-5-9-12-11;;;;/h7-10,12-25H,1-6H3;6-8,10,12-18H,2-5,9H2,1H3;8-9,11-14,16H,2-7,10H2,1H3;1-6,8-9H;;;;/q4*-1;;;;. The second kappa shape index (κ2) is 42.8. The molecule has 4 nitrogen and oxygen atoms in total. The molecule has 0 spiro atoms. The Kier molecular flexibility index (Phi) is 35.7. The van der Waals surface area contributed by atoms with Crippen molar-refractivity contribution in [3.8, 4) is 89.5 Å². The van der Waals surface area contributed by atoms with Crippen molar-refractivity contribution >= 4 is 0 Å². The van der Waals surface area contributed by atoms with Crippen molar-refractivity contribution in [2.75, 3.05) is 0 Å². The molecule has 12 aromatic rings. The average Bonchev–Trinajstić information content (AvgIpc) is 0.794. The van der Waals surface area contributed by atoms with Gasteiger partial charge in [-0.3, -0.25) is 0 Å². The average molecular weight is 2000 g/mol. The first-order valence-corrected chi connectivity index (χ1v) is 33.9. The fourth-order valence-electron chi connectivity index (χ4n) is 11.2. The molecule has 0 aliphatic rings. The second-order valence-corrected chi connectivity index (χ2v) is 26.2. The predicted octanol–water partition coefficient (Wildman–Crippen LogP) is 24.5. The molecule has 0 saturated heterocycles. The summed E-state index contributed by atoms with van der Waals surface area (Å²) in [7, 11) is 0. The summed E-state index contributed by atoms with van der Waals surface area (Å²) in [5, 5.41) is 0. The van der Waals surface area contributed by atoms with Gasteiger partial charge in [0, 0.05) is 105 Å². The van der Waals surface area contributed by atoms with Crippen LogP contribution < -0.4 is 0 Å². The van der Waals surface area contributed by atoms with Gasteiger partial charge in [0.1, 0.15) is 0 Å². The van der Waals surface area contributed by atoms with Gasteiger partial charge in [-0.1, -0.05) is 241 Å². The molecule has 4 heterocycles. The van der Waals surface area contributed by atoms with Crippen LogP contribution in [-0.4, -0.2) is 19.9 Å². The first kappa shape index (κ1) is 81.6. The van der Waals surface area contributed by atoms with E-state index in [0.717, 1.165) is 50.6 Å². The number of aromatic nitrogens is 4. The summed E-state index contributed by atoms with van der Waals surface area (Å²) < 4.78 is 0. The van der Waals surface area contributed by atoms with Crippen LogP contribution in [-0.2, 0) is 104 Å². The van der Waals surface area contributed by atoms with E-state index in [9.17, 15) is 0 Å². The van der Waals surface area contributed by atoms with Crippen LogP contribution in [0.1, 0.15) is 142 Å². The van der Waals surface area contributed by atoms with E-state index >= 15 is 0 Å². The molecule has 8 aromatic carbocycles. The Morgan fingerprint density at radius 1 is 0.276 bits per heavy atom. The monoisotopic (exact) mass is 2000 g/mol. The molecule has 98 heavy (non-hydrogen) atoms. The van der Waals surface area contributed by atoms with Crippen LogP contribution in [0.2, 0.25) is 0 Å². The second-order valence-electron chi connectivity index (χ2n) is 26.2. The van der Waals surface area contributed by atoms with Crippen molar-refractivity contribution in [1.29, 1.82) is 0 Å². The SMILES string of the molecule is CC(C)(C)c1ccc(-c2cc(-c3ccc(C(C)(C)C)cc3)cc(-c3cc[c-]c(-c4ccccn4)c3)c2)cc1.CCCCCCCCc1c[c-]c(-c2ccccn2)cc1.CCCCCCc1ccc(-c2cc[c-]c(-c3ccccn3)c2)cc1.[Ir].[Ir].[Ir].[Ir].[c-]1ccccc1-c1ccccn1. The largest absolute Gasteiger partial charge is 0.305 e. The van der Waals surface area contributed by atoms with Crippen LogP contribution in [0.5, 0.6) is 0 Å². The molecule has 0 bridgehead atoms. The van der Waals surface area contributed by atoms with Gasteiger partial charge in [-0.15, -0.1) is 142 Å². The van der Waals surface area contributed by atoms with Crippen LogP contribution in [0.3, 0.4) is 0 Å². The van der Waals surface area contributed by atoms with Crippen molar-refractivity contribution < 1.29 is 80.4 Å². The fourth-order valence-corrected chi connectivity index (χ4v) is 11.2. The Labute approximate surface area is 641 Å². The van der Waals surface area contributed by atoms with Gasteiger partial charge in [0.05, 0.1) is 0 Å². The van der Waals surface area contributed by atoms with Gasteiger partial charge in [-0.05, 0) is 139 Å². The number of aryl methyl sites for hydroxylation is 2. The van der Waals surface area contributed by atoms with Crippen molar-refractivity contribution in [2.24, 2.45) is 0 Å². The van der Waals surface area contributed by atoms with Crippen LogP contribution in [0.15, 0.2) is 267 Å². The van der Waals surface area contributed by atoms with Crippen molar-refractivity contribution in [2.45, 2.75) is 143 Å². The Bertz CT molecular complexity index is 4010. The molecule has 0 unspecified atom stereocenters. The molecule has 0 saturated carbocycles. The summed E-state index contributed by atoms with van der Waals surface area (Å²) in [6.07, 6.45) is 23.0. The molecular weight excluding hydrogens is 1910 g/mol. The van der Waals surface area contributed by atoms with Gasteiger partial charge in [-0.2, -0.15) is 0 Å². The van der Waals surface area contributed by atoms with Crippen LogP contribution in [0.4, 0.5) is 0 Å². The topological polar surface area (TPSA) is 51.6 Å². The van der Waals surface area contributed by atoms with Crippen LogP contribution >= 0.6 is 0 Å². The molecular formula is C90H92Ir4N4-4. The maximum Gasteiger partial charge on any atom is 0.0160 e. The molecule has 4 radical (unpaired) electrons. The summed E-state index contributed by atoms with van der Waals surface area (Å²) in [4.78, 5) is 17.5. The maximum absolute atomic E-state index is 4.54. The molecule has 0 fully saturated rings. The number of nitrogens with zero attached hydrogens (tertiary/aromatic N) is 4. The van der Waals surface area contributed by atoms with Gasteiger partial charge in [0.2, 0.25) is 0 Å². The zero-order valence-corrected chi connectivity index (χ0v) is 67.6. The zero-order valence-electron chi connectivity index (χ0n) is 58.0. The molecule has 8 heteroatoms. The number of hydrogen-bond donors (Lipinski definition) is 0. The summed E-state index contributed by atoms with van der Waals surface area (Å²) in [5.74, 6) is 0. The molecule has 4 aromatic heterocycles. The predicted molar refractivity (Wildman–Crippen MR) is 398 cm³/mol. The minimum atomic E-state index is 0. The number of pyridine rings is 4. The minimum Gasteiger partial charge on any atom is -0.305 e. The van der Waals surface area contributed by atoms with Gasteiger partial charge in [0.15, 0.2) is 0 Å². The maximum atomic E-state index is 4.54. The number of hydrogen-bond acceptors (Lipinski definition) is 4. The van der Waals surface area contributed by atoms with Crippen molar-refractivity contribution in [3.63, 3.8) is 0 Å². The molecule has 0 atom stereocenters. The summed E-state index contributed by atoms with van der Waals surface area (Å²) in [5.41, 5.74) is 23.5. The Hall–Kier alpha value is -7.04. The van der Waals surface area contributed by atoms with Crippen molar-refractivity contribution in [1.82, 2.24) is 19.9 Å². The van der Waals surface area contributed by atoms with Crippen LogP contribution in [0, 0.1) is 24.3 Å². The van der Waals surface area contributed by atoms with E-state index in [-0.39, 0.29) is 91.3 Å². The Morgan fingerprint density at radius 2 is 0.622 bits per heavy atom. The summed E-state index contributed by atoms with van der Waals surface area (Å²) >= 11 is 0. The van der Waals surface area contributed by atoms with Crippen LogP contribution in [0.25, 0.3) is 89.5 Å². The number of rotatable bonds is 20. The minimum absolute atomic E-state index is 0. The van der Waals surface area contributed by atoms with E-state index in [2.05, 4.69) is 233 Å². The van der Waals surface area contributed by atoms with E-state index in [0.29, 0.717) is 0 Å². The fraction of sp³-hybridized carbons (Fsp3) is 0.244. The molecule has 0 aliphatic heterocycles. The molecule has 0 aliphatic carbocycles. The molecule has 0 N–H and O–H groups in total. The normalized spacial score (nSPS) is 10.6. The smallest absolute Gasteiger partial charge is 0.0160 e. The summed E-state index contributed by atoms with van der Waals surface area (Å²) in [6, 6.07) is 97.8. The number of benzene rings is 8. The van der Waals surface area contributed by atoms with Gasteiger partial charge in [0.25, 0.3) is 0 Å². The molecule has 0 amide bonds. The zero-order chi connectivity index (χ0) is 65.8. The third kappa shape index (κ3) is 25.9. The third-order valence-electron chi connectivity index (χ3n) is 16.8. The van der Waals surface area contributed by atoms with E-state index in [1.165, 1.54) is 138 Å². The van der Waals surface area contributed by atoms with Gasteiger partial charge < -0.3 is 19.9 Å². The van der Waals surface area contributed by atoms with E-state index < -0.39 is 0 Å². The Morgan fingerprint density at radius 3 is 1.02 bits per heavy atom. The quantitative estimate of drug-likeness (QED) is 0.0564. The molecule has 12 rings (SSSR count). The summed E-state index contributed by atoms with van der Waals surface area (Å²) in [6.45, 7) is 18.1. The van der Waals surface area contributed by atoms with Crippen molar-refractivity contribution in [3.05, 3.63) is 314 Å².